The third kappa shape index (κ3) is 2.87. The van der Waals surface area contributed by atoms with Crippen LogP contribution in [0.2, 0.25) is 0 Å². The average molecular weight is 401 g/mol. The second kappa shape index (κ2) is 6.34. The number of ether oxygens (including phenoxy) is 2. The summed E-state index contributed by atoms with van der Waals surface area (Å²) in [6.45, 7) is -0.0167. The Hall–Kier alpha value is -3.40. The van der Waals surface area contributed by atoms with Crippen LogP contribution in [0, 0.1) is 10.1 Å². The number of nitro groups is 1. The third-order valence-corrected chi connectivity index (χ3v) is 5.53. The van der Waals surface area contributed by atoms with Crippen molar-refractivity contribution >= 4 is 15.7 Å². The first kappa shape index (κ1) is 18.0. The maximum absolute atomic E-state index is 11.8. The van der Waals surface area contributed by atoms with Gasteiger partial charge in [0.05, 0.1) is 17.7 Å². The first-order valence-electron chi connectivity index (χ1n) is 8.17. The molecule has 0 amide bonds. The lowest BCUT2D eigenvalue weighted by Gasteiger charge is -2.19. The number of sulfone groups is 1. The van der Waals surface area contributed by atoms with Crippen LogP contribution in [0.4, 0.5) is 5.82 Å². The Morgan fingerprint density at radius 3 is 2.54 bits per heavy atom. The van der Waals surface area contributed by atoms with Gasteiger partial charge >= 0.3 is 5.82 Å². The molecule has 0 bridgehead atoms. The lowest BCUT2D eigenvalue weighted by Crippen LogP contribution is -2.14. The van der Waals surface area contributed by atoms with Crippen molar-refractivity contribution in [3.63, 3.8) is 0 Å². The molecule has 28 heavy (non-hydrogen) atoms. The first-order chi connectivity index (χ1) is 13.3. The van der Waals surface area contributed by atoms with Gasteiger partial charge in [-0.15, -0.1) is 0 Å². The smallest absolute Gasteiger partial charge is 0.390 e. The van der Waals surface area contributed by atoms with Crippen molar-refractivity contribution in [1.82, 2.24) is 9.55 Å². The highest BCUT2D eigenvalue weighted by atomic mass is 32.2. The van der Waals surface area contributed by atoms with Gasteiger partial charge in [-0.25, -0.2) is 8.42 Å². The van der Waals surface area contributed by atoms with Gasteiger partial charge in [-0.1, -0.05) is 0 Å². The fourth-order valence-electron chi connectivity index (χ4n) is 3.11. The van der Waals surface area contributed by atoms with Crippen molar-refractivity contribution in [2.45, 2.75) is 11.5 Å². The quantitative estimate of drug-likeness (QED) is 0.488. The molecule has 2 heterocycles. The summed E-state index contributed by atoms with van der Waals surface area (Å²) in [4.78, 5) is 15.3. The van der Waals surface area contributed by atoms with Crippen molar-refractivity contribution in [1.29, 1.82) is 0 Å². The fourth-order valence-corrected chi connectivity index (χ4v) is 3.75. The number of nitrogens with zero attached hydrogens (tertiary/aromatic N) is 3. The normalized spacial score (nSPS) is 12.6. The average Bonchev–Trinajstić information content (AvgIpc) is 3.07. The summed E-state index contributed by atoms with van der Waals surface area (Å²) in [5, 5.41) is 11.6. The van der Waals surface area contributed by atoms with Crippen molar-refractivity contribution in [3.05, 3.63) is 58.4 Å². The van der Waals surface area contributed by atoms with E-state index in [1.54, 1.807) is 34.9 Å². The molecule has 0 radical (unpaired) electrons. The van der Waals surface area contributed by atoms with E-state index in [2.05, 4.69) is 4.98 Å². The Balaban J connectivity index is 1.96. The number of fused-ring (bicyclic) bond motifs is 3. The summed E-state index contributed by atoms with van der Waals surface area (Å²) < 4.78 is 36.1. The lowest BCUT2D eigenvalue weighted by atomic mass is 10.1. The summed E-state index contributed by atoms with van der Waals surface area (Å²) in [5.41, 5.74) is 1.35. The number of imidazole rings is 1. The Kier molecular flexibility index (Phi) is 4.07. The summed E-state index contributed by atoms with van der Waals surface area (Å²) in [7, 11) is -1.89. The van der Waals surface area contributed by atoms with Gasteiger partial charge in [0, 0.05) is 17.9 Å². The van der Waals surface area contributed by atoms with E-state index in [4.69, 9.17) is 9.47 Å². The molecule has 9 nitrogen and oxygen atoms in total. The van der Waals surface area contributed by atoms with E-state index in [1.807, 2.05) is 0 Å². The maximum atomic E-state index is 11.8. The third-order valence-electron chi connectivity index (χ3n) is 4.42. The molecular formula is C18H15N3O6S. The predicted octanol–water partition coefficient (Wildman–Crippen LogP) is 2.75. The molecule has 1 aliphatic heterocycles. The second-order valence-corrected chi connectivity index (χ2v) is 8.23. The van der Waals surface area contributed by atoms with Crippen LogP contribution in [0.15, 0.2) is 47.4 Å². The van der Waals surface area contributed by atoms with Crippen LogP contribution >= 0.6 is 0 Å². The Morgan fingerprint density at radius 1 is 1.21 bits per heavy atom. The Labute approximate surface area is 160 Å². The molecule has 144 valence electrons. The van der Waals surface area contributed by atoms with E-state index in [1.165, 1.54) is 19.2 Å². The van der Waals surface area contributed by atoms with Gasteiger partial charge in [0.1, 0.15) is 11.5 Å². The number of hydrogen-bond donors (Lipinski definition) is 0. The van der Waals surface area contributed by atoms with E-state index in [9.17, 15) is 18.5 Å². The SMILES string of the molecule is COc1ccc(-c2c([N+](=O)[O-])nc3n2-c2ccc(S(C)(=O)=O)cc2OC3)cc1. The fraction of sp³-hybridized carbons (Fsp3) is 0.167. The molecule has 0 fully saturated rings. The Morgan fingerprint density at radius 2 is 1.93 bits per heavy atom. The summed E-state index contributed by atoms with van der Waals surface area (Å²) in [6.07, 6.45) is 1.10. The highest BCUT2D eigenvalue weighted by Gasteiger charge is 2.34. The van der Waals surface area contributed by atoms with Crippen LogP contribution in [0.1, 0.15) is 5.82 Å². The van der Waals surface area contributed by atoms with Crippen LogP contribution in [-0.4, -0.2) is 36.3 Å². The molecule has 0 unspecified atom stereocenters. The van der Waals surface area contributed by atoms with Gasteiger partial charge < -0.3 is 19.6 Å². The highest BCUT2D eigenvalue weighted by Crippen LogP contribution is 2.40. The molecule has 3 aromatic rings. The van der Waals surface area contributed by atoms with E-state index in [0.717, 1.165) is 6.26 Å². The van der Waals surface area contributed by atoms with Gasteiger partial charge in [-0.05, 0) is 46.3 Å². The number of hydrogen-bond acceptors (Lipinski definition) is 7. The van der Waals surface area contributed by atoms with E-state index in [0.29, 0.717) is 34.3 Å². The van der Waals surface area contributed by atoms with Crippen LogP contribution < -0.4 is 9.47 Å². The molecule has 4 rings (SSSR count). The van der Waals surface area contributed by atoms with Gasteiger partial charge in [0.2, 0.25) is 0 Å². The highest BCUT2D eigenvalue weighted by molar-refractivity contribution is 7.90. The monoisotopic (exact) mass is 401 g/mol. The van der Waals surface area contributed by atoms with Gasteiger partial charge in [0.25, 0.3) is 5.82 Å². The Bertz CT molecular complexity index is 1200. The molecule has 1 aromatic heterocycles. The zero-order chi connectivity index (χ0) is 20.1. The topological polar surface area (TPSA) is 114 Å². The van der Waals surface area contributed by atoms with E-state index >= 15 is 0 Å². The van der Waals surface area contributed by atoms with Crippen molar-refractivity contribution in [2.75, 3.05) is 13.4 Å². The zero-order valence-corrected chi connectivity index (χ0v) is 15.8. The molecule has 0 saturated carbocycles. The molecular weight excluding hydrogens is 386 g/mol. The first-order valence-corrected chi connectivity index (χ1v) is 10.1. The summed E-state index contributed by atoms with van der Waals surface area (Å²) in [6, 6.07) is 11.2. The predicted molar refractivity (Wildman–Crippen MR) is 99.6 cm³/mol. The molecule has 0 atom stereocenters. The largest absolute Gasteiger partial charge is 0.497 e. The van der Waals surface area contributed by atoms with Crippen LogP contribution in [-0.2, 0) is 16.4 Å². The van der Waals surface area contributed by atoms with Gasteiger partial charge in [-0.2, -0.15) is 0 Å². The zero-order valence-electron chi connectivity index (χ0n) is 14.9. The van der Waals surface area contributed by atoms with Crippen LogP contribution in [0.25, 0.3) is 16.9 Å². The number of benzene rings is 2. The molecule has 2 aromatic carbocycles. The standard InChI is InChI=1S/C18H15N3O6S/c1-26-12-5-3-11(4-6-12)17-18(21(22)23)19-16-10-27-15-9-13(28(2,24)25)7-8-14(15)20(16)17/h3-9H,10H2,1-2H3. The van der Waals surface area contributed by atoms with Gasteiger partial charge in [0.15, 0.2) is 22.1 Å². The summed E-state index contributed by atoms with van der Waals surface area (Å²) >= 11 is 0. The van der Waals surface area contributed by atoms with E-state index < -0.39 is 14.8 Å². The number of aromatic nitrogens is 2. The maximum Gasteiger partial charge on any atom is 0.390 e. The van der Waals surface area contributed by atoms with Gasteiger partial charge in [-0.3, -0.25) is 4.57 Å². The minimum absolute atomic E-state index is 0.0167. The second-order valence-electron chi connectivity index (χ2n) is 6.21. The number of rotatable bonds is 4. The molecule has 1 aliphatic rings. The molecule has 0 spiro atoms. The number of methoxy groups -OCH3 is 1. The minimum Gasteiger partial charge on any atom is -0.497 e. The van der Waals surface area contributed by atoms with Crippen molar-refractivity contribution in [2.24, 2.45) is 0 Å². The van der Waals surface area contributed by atoms with Crippen LogP contribution in [0.5, 0.6) is 11.5 Å². The molecule has 0 aliphatic carbocycles. The van der Waals surface area contributed by atoms with Crippen molar-refractivity contribution in [3.8, 4) is 28.4 Å². The minimum atomic E-state index is -3.42. The van der Waals surface area contributed by atoms with Crippen molar-refractivity contribution < 1.29 is 22.8 Å². The van der Waals surface area contributed by atoms with E-state index in [-0.39, 0.29) is 17.3 Å². The molecule has 10 heteroatoms. The van der Waals surface area contributed by atoms with Crippen LogP contribution in [0.3, 0.4) is 0 Å². The molecule has 0 saturated heterocycles. The molecule has 0 N–H and O–H groups in total. The lowest BCUT2D eigenvalue weighted by molar-refractivity contribution is -0.388. The summed E-state index contributed by atoms with van der Waals surface area (Å²) in [5.74, 6) is 0.990.